The monoisotopic (exact) mass is 405 g/mol. The van der Waals surface area contributed by atoms with Gasteiger partial charge < -0.3 is 9.47 Å². The molecule has 1 heterocycles. The molecule has 0 spiro atoms. The van der Waals surface area contributed by atoms with Gasteiger partial charge in [0.15, 0.2) is 0 Å². The van der Waals surface area contributed by atoms with Crippen molar-refractivity contribution >= 4 is 17.3 Å². The lowest BCUT2D eigenvalue weighted by Gasteiger charge is -2.16. The van der Waals surface area contributed by atoms with E-state index in [4.69, 9.17) is 9.47 Å². The van der Waals surface area contributed by atoms with Crippen LogP contribution in [0.15, 0.2) is 66.7 Å². The number of hydrogen-bond donors (Lipinski definition) is 1. The topological polar surface area (TPSA) is 47.6 Å². The van der Waals surface area contributed by atoms with Gasteiger partial charge in [-0.15, -0.1) is 11.3 Å². The van der Waals surface area contributed by atoms with E-state index in [9.17, 15) is 4.79 Å². The van der Waals surface area contributed by atoms with Crippen LogP contribution in [-0.2, 0) is 22.5 Å². The van der Waals surface area contributed by atoms with Crippen molar-refractivity contribution in [3.8, 4) is 17.6 Å². The van der Waals surface area contributed by atoms with Crippen molar-refractivity contribution in [3.63, 3.8) is 0 Å². The smallest absolute Gasteiger partial charge is 0.323 e. The summed E-state index contributed by atoms with van der Waals surface area (Å²) in [4.78, 5) is 14.2. The standard InChI is InChI=1S/C24H23NO3S/c1-27-20-11-8-18(9-12-20)10-13-21-14-15-22(29-21)17-25-23(24(26)28-2)16-19-6-4-3-5-7-19/h3-9,11-12,14-15,23,25H,16-17H2,1-2H3/t23-/m1/s1. The summed E-state index contributed by atoms with van der Waals surface area (Å²) < 4.78 is 10.1. The van der Waals surface area contributed by atoms with Gasteiger partial charge in [0.1, 0.15) is 11.8 Å². The van der Waals surface area contributed by atoms with E-state index in [1.54, 1.807) is 18.4 Å². The number of nitrogens with one attached hydrogen (secondary N) is 1. The van der Waals surface area contributed by atoms with Crippen molar-refractivity contribution in [1.82, 2.24) is 5.32 Å². The van der Waals surface area contributed by atoms with Crippen LogP contribution in [0.4, 0.5) is 0 Å². The summed E-state index contributed by atoms with van der Waals surface area (Å²) in [6.07, 6.45) is 0.586. The zero-order chi connectivity index (χ0) is 20.5. The Bertz CT molecular complexity index is 984. The van der Waals surface area contributed by atoms with Crippen LogP contribution in [0.3, 0.4) is 0 Å². The molecule has 0 fully saturated rings. The predicted octanol–water partition coefficient (Wildman–Crippen LogP) is 4.03. The van der Waals surface area contributed by atoms with Crippen molar-refractivity contribution in [1.29, 1.82) is 0 Å². The highest BCUT2D eigenvalue weighted by molar-refractivity contribution is 7.12. The predicted molar refractivity (Wildman–Crippen MR) is 116 cm³/mol. The highest BCUT2D eigenvalue weighted by Gasteiger charge is 2.19. The van der Waals surface area contributed by atoms with Gasteiger partial charge in [-0.1, -0.05) is 42.2 Å². The third-order valence-corrected chi connectivity index (χ3v) is 5.37. The second kappa shape index (κ2) is 10.5. The van der Waals surface area contributed by atoms with Gasteiger partial charge >= 0.3 is 5.97 Å². The number of hydrogen-bond acceptors (Lipinski definition) is 5. The van der Waals surface area contributed by atoms with Gasteiger partial charge in [0, 0.05) is 17.0 Å². The number of rotatable bonds is 7. The first-order valence-electron chi connectivity index (χ1n) is 9.28. The van der Waals surface area contributed by atoms with Crippen LogP contribution in [0.2, 0.25) is 0 Å². The molecule has 2 aromatic carbocycles. The number of carbonyl (C=O) groups is 1. The van der Waals surface area contributed by atoms with Crippen molar-refractivity contribution in [2.75, 3.05) is 14.2 Å². The minimum Gasteiger partial charge on any atom is -0.497 e. The molecule has 0 bridgehead atoms. The Morgan fingerprint density at radius 2 is 1.76 bits per heavy atom. The van der Waals surface area contributed by atoms with E-state index in [1.807, 2.05) is 66.7 Å². The van der Waals surface area contributed by atoms with Gasteiger partial charge in [-0.05, 0) is 48.4 Å². The molecule has 148 valence electrons. The maximum atomic E-state index is 12.1. The Morgan fingerprint density at radius 3 is 2.45 bits per heavy atom. The Labute approximate surface area is 175 Å². The summed E-state index contributed by atoms with van der Waals surface area (Å²) in [5, 5.41) is 3.31. The van der Waals surface area contributed by atoms with E-state index in [2.05, 4.69) is 17.2 Å². The highest BCUT2D eigenvalue weighted by atomic mass is 32.1. The van der Waals surface area contributed by atoms with Crippen LogP contribution < -0.4 is 10.1 Å². The average Bonchev–Trinajstić information content (AvgIpc) is 3.23. The molecule has 1 atom stereocenters. The van der Waals surface area contributed by atoms with E-state index >= 15 is 0 Å². The van der Waals surface area contributed by atoms with Crippen molar-refractivity contribution in [2.45, 2.75) is 19.0 Å². The lowest BCUT2D eigenvalue weighted by atomic mass is 10.1. The third kappa shape index (κ3) is 6.21. The molecule has 1 aromatic heterocycles. The zero-order valence-corrected chi connectivity index (χ0v) is 17.3. The van der Waals surface area contributed by atoms with Gasteiger partial charge in [0.2, 0.25) is 0 Å². The molecular formula is C24H23NO3S. The fourth-order valence-corrected chi connectivity index (χ4v) is 3.62. The minimum absolute atomic E-state index is 0.259. The molecule has 0 amide bonds. The average molecular weight is 406 g/mol. The van der Waals surface area contributed by atoms with E-state index in [0.717, 1.165) is 26.6 Å². The van der Waals surface area contributed by atoms with Crippen LogP contribution in [0.25, 0.3) is 0 Å². The van der Waals surface area contributed by atoms with Crippen LogP contribution in [-0.4, -0.2) is 26.2 Å². The summed E-state index contributed by atoms with van der Waals surface area (Å²) in [6.45, 7) is 0.585. The first-order valence-corrected chi connectivity index (χ1v) is 10.1. The molecule has 5 heteroatoms. The van der Waals surface area contributed by atoms with Gasteiger partial charge in [-0.25, -0.2) is 0 Å². The maximum absolute atomic E-state index is 12.1. The summed E-state index contributed by atoms with van der Waals surface area (Å²) in [6, 6.07) is 21.2. The number of thiophene rings is 1. The van der Waals surface area contributed by atoms with Crippen LogP contribution in [0.1, 0.15) is 20.9 Å². The van der Waals surface area contributed by atoms with E-state index in [0.29, 0.717) is 13.0 Å². The Balaban J connectivity index is 1.61. The quantitative estimate of drug-likeness (QED) is 0.476. The molecule has 29 heavy (non-hydrogen) atoms. The summed E-state index contributed by atoms with van der Waals surface area (Å²) in [5.74, 6) is 6.91. The summed E-state index contributed by atoms with van der Waals surface area (Å²) >= 11 is 1.61. The molecule has 3 rings (SSSR count). The lowest BCUT2D eigenvalue weighted by molar-refractivity contribution is -0.143. The molecule has 0 aliphatic rings. The van der Waals surface area contributed by atoms with E-state index < -0.39 is 6.04 Å². The largest absolute Gasteiger partial charge is 0.497 e. The summed E-state index contributed by atoms with van der Waals surface area (Å²) in [5.41, 5.74) is 2.03. The third-order valence-electron chi connectivity index (χ3n) is 4.37. The van der Waals surface area contributed by atoms with Gasteiger partial charge in [-0.3, -0.25) is 10.1 Å². The Morgan fingerprint density at radius 1 is 1.00 bits per heavy atom. The lowest BCUT2D eigenvalue weighted by Crippen LogP contribution is -2.38. The number of ether oxygens (including phenoxy) is 2. The van der Waals surface area contributed by atoms with E-state index in [1.165, 1.54) is 7.11 Å². The van der Waals surface area contributed by atoms with Crippen LogP contribution >= 0.6 is 11.3 Å². The van der Waals surface area contributed by atoms with Crippen LogP contribution in [0.5, 0.6) is 5.75 Å². The number of esters is 1. The molecule has 3 aromatic rings. The highest BCUT2D eigenvalue weighted by Crippen LogP contribution is 2.17. The normalized spacial score (nSPS) is 11.2. The Hall–Kier alpha value is -3.07. The molecular weight excluding hydrogens is 382 g/mol. The molecule has 0 saturated carbocycles. The van der Waals surface area contributed by atoms with Gasteiger partial charge in [-0.2, -0.15) is 0 Å². The fourth-order valence-electron chi connectivity index (χ4n) is 2.80. The molecule has 4 nitrogen and oxygen atoms in total. The number of carbonyl (C=O) groups excluding carboxylic acids is 1. The van der Waals surface area contributed by atoms with Crippen molar-refractivity contribution in [2.24, 2.45) is 0 Å². The first kappa shape index (κ1) is 20.7. The van der Waals surface area contributed by atoms with Gasteiger partial charge in [0.05, 0.1) is 19.1 Å². The molecule has 1 N–H and O–H groups in total. The molecule has 0 radical (unpaired) electrons. The second-order valence-corrected chi connectivity index (χ2v) is 7.56. The van der Waals surface area contributed by atoms with Crippen LogP contribution in [0, 0.1) is 11.8 Å². The van der Waals surface area contributed by atoms with E-state index in [-0.39, 0.29) is 5.97 Å². The second-order valence-electron chi connectivity index (χ2n) is 6.39. The SMILES string of the molecule is COC(=O)[C@@H](Cc1ccccc1)NCc1ccc(C#Cc2ccc(OC)cc2)s1. The molecule has 0 unspecified atom stereocenters. The molecule has 0 aliphatic carbocycles. The molecule has 0 saturated heterocycles. The minimum atomic E-state index is -0.390. The fraction of sp³-hybridized carbons (Fsp3) is 0.208. The summed E-state index contributed by atoms with van der Waals surface area (Å²) in [7, 11) is 3.06. The van der Waals surface area contributed by atoms with Gasteiger partial charge in [0.25, 0.3) is 0 Å². The number of benzene rings is 2. The van der Waals surface area contributed by atoms with Crippen molar-refractivity contribution < 1.29 is 14.3 Å². The van der Waals surface area contributed by atoms with Crippen molar-refractivity contribution in [3.05, 3.63) is 87.6 Å². The maximum Gasteiger partial charge on any atom is 0.323 e. The Kier molecular flexibility index (Phi) is 7.46. The molecule has 0 aliphatic heterocycles. The first-order chi connectivity index (χ1) is 14.2. The zero-order valence-electron chi connectivity index (χ0n) is 16.5. The number of methoxy groups -OCH3 is 2.